The Bertz CT molecular complexity index is 746. The molecule has 1 aliphatic heterocycles. The number of hydrogen-bond acceptors (Lipinski definition) is 4. The van der Waals surface area contributed by atoms with Crippen LogP contribution in [0.4, 0.5) is 0 Å². The lowest BCUT2D eigenvalue weighted by atomic mass is 10.2. The molecule has 1 saturated heterocycles. The number of rotatable bonds is 5. The van der Waals surface area contributed by atoms with Gasteiger partial charge in [0.2, 0.25) is 0 Å². The van der Waals surface area contributed by atoms with E-state index >= 15 is 0 Å². The van der Waals surface area contributed by atoms with Gasteiger partial charge in [0.15, 0.2) is 5.96 Å². The highest BCUT2D eigenvalue weighted by molar-refractivity contribution is 14.0. The van der Waals surface area contributed by atoms with Gasteiger partial charge in [-0.25, -0.2) is 4.98 Å². The van der Waals surface area contributed by atoms with E-state index in [2.05, 4.69) is 76.6 Å². The van der Waals surface area contributed by atoms with Crippen LogP contribution >= 0.6 is 35.3 Å². The molecule has 5 nitrogen and oxygen atoms in total. The summed E-state index contributed by atoms with van der Waals surface area (Å²) >= 11 is 1.75. The van der Waals surface area contributed by atoms with Gasteiger partial charge < -0.3 is 10.6 Å². The van der Waals surface area contributed by atoms with Crippen LogP contribution in [-0.2, 0) is 13.1 Å². The molecule has 0 aliphatic carbocycles. The lowest BCUT2D eigenvalue weighted by Gasteiger charge is -2.21. The molecule has 0 bridgehead atoms. The minimum absolute atomic E-state index is 0. The Balaban J connectivity index is 0.00000261. The SMILES string of the molecule is CN=C(NCc1sc(C)nc1C)NC1CC(C)N(Cc2ccccc2)C1.I. The second-order valence-electron chi connectivity index (χ2n) is 7.01. The first-order chi connectivity index (χ1) is 12.5. The molecule has 2 N–H and O–H groups in total. The quantitative estimate of drug-likeness (QED) is 0.374. The Morgan fingerprint density at radius 2 is 2.04 bits per heavy atom. The summed E-state index contributed by atoms with van der Waals surface area (Å²) in [6.07, 6.45) is 1.13. The molecule has 0 amide bonds. The van der Waals surface area contributed by atoms with Crippen LogP contribution in [0, 0.1) is 13.8 Å². The average molecular weight is 499 g/mol. The summed E-state index contributed by atoms with van der Waals surface area (Å²) in [6, 6.07) is 11.7. The number of likely N-dealkylation sites (tertiary alicyclic amines) is 1. The van der Waals surface area contributed by atoms with Crippen molar-refractivity contribution < 1.29 is 0 Å². The van der Waals surface area contributed by atoms with E-state index in [1.807, 2.05) is 7.05 Å². The number of aromatic nitrogens is 1. The number of hydrogen-bond donors (Lipinski definition) is 2. The number of thiazole rings is 1. The van der Waals surface area contributed by atoms with Crippen molar-refractivity contribution in [3.63, 3.8) is 0 Å². The van der Waals surface area contributed by atoms with Gasteiger partial charge >= 0.3 is 0 Å². The van der Waals surface area contributed by atoms with Crippen molar-refractivity contribution >= 4 is 41.3 Å². The Labute approximate surface area is 183 Å². The fourth-order valence-electron chi connectivity index (χ4n) is 3.53. The standard InChI is InChI=1S/C20H29N5S.HI/c1-14-10-18(13-25(14)12-17-8-6-5-7-9-17)24-20(21-4)22-11-19-15(2)23-16(3)26-19;/h5-9,14,18H,10-13H2,1-4H3,(H2,21,22,24);1H. The van der Waals surface area contributed by atoms with E-state index in [1.165, 1.54) is 10.4 Å². The zero-order valence-electron chi connectivity index (χ0n) is 16.5. The number of nitrogens with zero attached hydrogens (tertiary/aromatic N) is 3. The zero-order valence-corrected chi connectivity index (χ0v) is 19.7. The van der Waals surface area contributed by atoms with Gasteiger partial charge in [-0.1, -0.05) is 30.3 Å². The highest BCUT2D eigenvalue weighted by atomic mass is 127. The zero-order chi connectivity index (χ0) is 18.5. The van der Waals surface area contributed by atoms with Crippen LogP contribution in [0.3, 0.4) is 0 Å². The summed E-state index contributed by atoms with van der Waals surface area (Å²) < 4.78 is 0. The Kier molecular flexibility index (Phi) is 8.50. The van der Waals surface area contributed by atoms with Gasteiger partial charge in [-0.2, -0.15) is 0 Å². The van der Waals surface area contributed by atoms with Crippen molar-refractivity contribution in [2.75, 3.05) is 13.6 Å². The predicted molar refractivity (Wildman–Crippen MR) is 125 cm³/mol. The summed E-state index contributed by atoms with van der Waals surface area (Å²) in [7, 11) is 1.83. The van der Waals surface area contributed by atoms with E-state index in [9.17, 15) is 0 Å². The Morgan fingerprint density at radius 1 is 1.30 bits per heavy atom. The molecule has 7 heteroatoms. The number of guanidine groups is 1. The van der Waals surface area contributed by atoms with Crippen molar-refractivity contribution in [3.8, 4) is 0 Å². The molecule has 0 spiro atoms. The van der Waals surface area contributed by atoms with Gasteiger partial charge in [0.1, 0.15) is 0 Å². The van der Waals surface area contributed by atoms with E-state index in [0.29, 0.717) is 12.1 Å². The predicted octanol–water partition coefficient (Wildman–Crippen LogP) is 3.71. The maximum absolute atomic E-state index is 4.49. The molecule has 2 aromatic rings. The van der Waals surface area contributed by atoms with E-state index in [1.54, 1.807) is 11.3 Å². The van der Waals surface area contributed by atoms with Gasteiger partial charge in [0.05, 0.1) is 17.2 Å². The van der Waals surface area contributed by atoms with E-state index in [0.717, 1.165) is 42.7 Å². The van der Waals surface area contributed by atoms with Crippen LogP contribution in [0.1, 0.15) is 34.5 Å². The molecule has 0 radical (unpaired) electrons. The van der Waals surface area contributed by atoms with Gasteiger partial charge in [-0.3, -0.25) is 9.89 Å². The van der Waals surface area contributed by atoms with Crippen molar-refractivity contribution in [1.29, 1.82) is 0 Å². The van der Waals surface area contributed by atoms with Crippen molar-refractivity contribution in [2.45, 2.75) is 52.4 Å². The molecule has 1 aliphatic rings. The van der Waals surface area contributed by atoms with Crippen LogP contribution in [0.15, 0.2) is 35.3 Å². The maximum Gasteiger partial charge on any atom is 0.191 e. The lowest BCUT2D eigenvalue weighted by molar-refractivity contribution is 0.258. The fourth-order valence-corrected chi connectivity index (χ4v) is 4.41. The topological polar surface area (TPSA) is 52.6 Å². The first-order valence-corrected chi connectivity index (χ1v) is 10.0. The molecule has 1 aromatic heterocycles. The fraction of sp³-hybridized carbons (Fsp3) is 0.500. The van der Waals surface area contributed by atoms with E-state index in [4.69, 9.17) is 0 Å². The molecule has 1 aromatic carbocycles. The maximum atomic E-state index is 4.49. The van der Waals surface area contributed by atoms with E-state index < -0.39 is 0 Å². The molecule has 2 unspecified atom stereocenters. The smallest absolute Gasteiger partial charge is 0.191 e. The van der Waals surface area contributed by atoms with Gasteiger partial charge in [0, 0.05) is 37.1 Å². The minimum atomic E-state index is 0. The first-order valence-electron chi connectivity index (χ1n) is 9.23. The highest BCUT2D eigenvalue weighted by Crippen LogP contribution is 2.20. The molecule has 3 rings (SSSR count). The van der Waals surface area contributed by atoms with Crippen LogP contribution in [0.5, 0.6) is 0 Å². The Morgan fingerprint density at radius 3 is 2.67 bits per heavy atom. The lowest BCUT2D eigenvalue weighted by Crippen LogP contribution is -2.44. The van der Waals surface area contributed by atoms with Crippen LogP contribution in [0.25, 0.3) is 0 Å². The number of aryl methyl sites for hydroxylation is 2. The summed E-state index contributed by atoms with van der Waals surface area (Å²) in [5.74, 6) is 0.870. The van der Waals surface area contributed by atoms with Crippen molar-refractivity contribution in [2.24, 2.45) is 4.99 Å². The third-order valence-electron chi connectivity index (χ3n) is 4.91. The van der Waals surface area contributed by atoms with Crippen molar-refractivity contribution in [1.82, 2.24) is 20.5 Å². The second-order valence-corrected chi connectivity index (χ2v) is 8.30. The average Bonchev–Trinajstić information content (AvgIpc) is 3.13. The number of nitrogens with one attached hydrogen (secondary N) is 2. The molecular formula is C20H30IN5S. The first kappa shape index (κ1) is 22.1. The largest absolute Gasteiger partial charge is 0.352 e. The molecule has 148 valence electrons. The summed E-state index contributed by atoms with van der Waals surface area (Å²) in [4.78, 5) is 12.7. The summed E-state index contributed by atoms with van der Waals surface area (Å²) in [6.45, 7) is 9.24. The molecular weight excluding hydrogens is 469 g/mol. The normalized spacial score (nSPS) is 20.4. The number of halogens is 1. The van der Waals surface area contributed by atoms with Crippen molar-refractivity contribution in [3.05, 3.63) is 51.5 Å². The summed E-state index contributed by atoms with van der Waals surface area (Å²) in [5.41, 5.74) is 2.48. The highest BCUT2D eigenvalue weighted by Gasteiger charge is 2.29. The van der Waals surface area contributed by atoms with Crippen LogP contribution < -0.4 is 10.6 Å². The third kappa shape index (κ3) is 6.15. The van der Waals surface area contributed by atoms with Crippen LogP contribution in [0.2, 0.25) is 0 Å². The third-order valence-corrected chi connectivity index (χ3v) is 5.99. The molecule has 2 atom stereocenters. The molecule has 27 heavy (non-hydrogen) atoms. The van der Waals surface area contributed by atoms with Gasteiger partial charge in [-0.15, -0.1) is 35.3 Å². The summed E-state index contributed by atoms with van der Waals surface area (Å²) in [5, 5.41) is 8.14. The second kappa shape index (κ2) is 10.4. The molecule has 2 heterocycles. The minimum Gasteiger partial charge on any atom is -0.352 e. The number of benzene rings is 1. The van der Waals surface area contributed by atoms with E-state index in [-0.39, 0.29) is 24.0 Å². The van der Waals surface area contributed by atoms with Crippen LogP contribution in [-0.4, -0.2) is 41.5 Å². The molecule has 0 saturated carbocycles. The Hall–Kier alpha value is -1.19. The monoisotopic (exact) mass is 499 g/mol. The molecule has 1 fully saturated rings. The van der Waals surface area contributed by atoms with Gasteiger partial charge in [0.25, 0.3) is 0 Å². The number of aliphatic imine (C=N–C) groups is 1. The van der Waals surface area contributed by atoms with Gasteiger partial charge in [-0.05, 0) is 32.8 Å².